The maximum absolute atomic E-state index is 10.1. The molecule has 11 heavy (non-hydrogen) atoms. The second-order valence-electron chi connectivity index (χ2n) is 2.07. The molecule has 2 amide bonds. The maximum Gasteiger partial charge on any atom is 0.332 e. The lowest BCUT2D eigenvalue weighted by Crippen LogP contribution is -2.24. The Morgan fingerprint density at radius 3 is 3.00 bits per heavy atom. The SMILES string of the molecule is COC(C)C/C=N/NC(N)=O. The minimum absolute atomic E-state index is 0.105. The minimum Gasteiger partial charge on any atom is -0.381 e. The number of carbonyl (C=O) groups is 1. The van der Waals surface area contributed by atoms with Gasteiger partial charge in [-0.3, -0.25) is 0 Å². The molecule has 64 valence electrons. The lowest BCUT2D eigenvalue weighted by Gasteiger charge is -2.03. The quantitative estimate of drug-likeness (QED) is 0.449. The third-order valence-electron chi connectivity index (χ3n) is 1.11. The van der Waals surface area contributed by atoms with Crippen LogP contribution < -0.4 is 11.2 Å². The lowest BCUT2D eigenvalue weighted by atomic mass is 10.3. The van der Waals surface area contributed by atoms with Crippen LogP contribution >= 0.6 is 0 Å². The molecule has 1 atom stereocenters. The molecule has 0 bridgehead atoms. The zero-order valence-electron chi connectivity index (χ0n) is 6.70. The van der Waals surface area contributed by atoms with Crippen LogP contribution in [0.4, 0.5) is 4.79 Å². The van der Waals surface area contributed by atoms with Crippen LogP contribution in [0.1, 0.15) is 13.3 Å². The number of nitrogens with zero attached hydrogens (tertiary/aromatic N) is 1. The van der Waals surface area contributed by atoms with Gasteiger partial charge in [0.1, 0.15) is 0 Å². The van der Waals surface area contributed by atoms with Crippen molar-refractivity contribution in [1.29, 1.82) is 0 Å². The predicted molar refractivity (Wildman–Crippen MR) is 42.3 cm³/mol. The fourth-order valence-electron chi connectivity index (χ4n) is 0.407. The van der Waals surface area contributed by atoms with Gasteiger partial charge in [-0.2, -0.15) is 5.10 Å². The molecular formula is C6H13N3O2. The molecule has 0 saturated carbocycles. The van der Waals surface area contributed by atoms with Crippen LogP contribution in [0.25, 0.3) is 0 Å². The highest BCUT2D eigenvalue weighted by Gasteiger charge is 1.94. The van der Waals surface area contributed by atoms with Crippen molar-refractivity contribution in [2.45, 2.75) is 19.4 Å². The second-order valence-corrected chi connectivity index (χ2v) is 2.07. The smallest absolute Gasteiger partial charge is 0.332 e. The molecule has 0 aromatic heterocycles. The van der Waals surface area contributed by atoms with Gasteiger partial charge in [0.05, 0.1) is 6.10 Å². The van der Waals surface area contributed by atoms with Crippen molar-refractivity contribution >= 4 is 12.2 Å². The molecule has 0 heterocycles. The Kier molecular flexibility index (Phi) is 5.10. The first-order valence-corrected chi connectivity index (χ1v) is 3.26. The second kappa shape index (κ2) is 5.67. The summed E-state index contributed by atoms with van der Waals surface area (Å²) in [6.45, 7) is 1.90. The largest absolute Gasteiger partial charge is 0.381 e. The molecule has 1 unspecified atom stereocenters. The van der Waals surface area contributed by atoms with Gasteiger partial charge in [0, 0.05) is 19.7 Å². The van der Waals surface area contributed by atoms with E-state index in [0.29, 0.717) is 6.42 Å². The van der Waals surface area contributed by atoms with E-state index in [9.17, 15) is 4.79 Å². The molecule has 0 aliphatic rings. The Hall–Kier alpha value is -1.10. The summed E-state index contributed by atoms with van der Waals surface area (Å²) < 4.78 is 4.92. The molecule has 0 aliphatic carbocycles. The molecule has 0 spiro atoms. The molecule has 0 rings (SSSR count). The van der Waals surface area contributed by atoms with E-state index in [1.165, 1.54) is 0 Å². The van der Waals surface area contributed by atoms with Crippen molar-refractivity contribution in [2.24, 2.45) is 10.8 Å². The van der Waals surface area contributed by atoms with Crippen molar-refractivity contribution < 1.29 is 9.53 Å². The molecule has 3 N–H and O–H groups in total. The minimum atomic E-state index is -0.661. The summed E-state index contributed by atoms with van der Waals surface area (Å²) in [5, 5.41) is 3.53. The zero-order chi connectivity index (χ0) is 8.69. The number of primary amides is 1. The number of hydrogen-bond donors (Lipinski definition) is 2. The van der Waals surface area contributed by atoms with E-state index in [1.807, 2.05) is 6.92 Å². The van der Waals surface area contributed by atoms with Crippen LogP contribution in [-0.2, 0) is 4.74 Å². The van der Waals surface area contributed by atoms with Crippen LogP contribution in [0.2, 0.25) is 0 Å². The Balaban J connectivity index is 3.36. The van der Waals surface area contributed by atoms with Gasteiger partial charge in [-0.15, -0.1) is 0 Å². The molecule has 0 radical (unpaired) electrons. The zero-order valence-corrected chi connectivity index (χ0v) is 6.70. The maximum atomic E-state index is 10.1. The number of amides is 2. The number of hydrogen-bond acceptors (Lipinski definition) is 3. The van der Waals surface area contributed by atoms with E-state index < -0.39 is 6.03 Å². The van der Waals surface area contributed by atoms with E-state index in [4.69, 9.17) is 10.5 Å². The van der Waals surface area contributed by atoms with E-state index in [-0.39, 0.29) is 6.10 Å². The molecule has 0 fully saturated rings. The standard InChI is InChI=1S/C6H13N3O2/c1-5(11-2)3-4-8-9-6(7)10/h4-5H,3H2,1-2H3,(H3,7,9,10)/b8-4+. The monoisotopic (exact) mass is 159 g/mol. The first-order valence-electron chi connectivity index (χ1n) is 3.26. The van der Waals surface area contributed by atoms with Gasteiger partial charge in [-0.1, -0.05) is 0 Å². The average Bonchev–Trinajstić information content (AvgIpc) is 1.97. The third-order valence-corrected chi connectivity index (χ3v) is 1.11. The molecule has 0 saturated heterocycles. The number of carbonyl (C=O) groups excluding carboxylic acids is 1. The predicted octanol–water partition coefficient (Wildman–Crippen LogP) is 0.0655. The number of methoxy groups -OCH3 is 1. The number of nitrogens with two attached hydrogens (primary N) is 1. The summed E-state index contributed by atoms with van der Waals surface area (Å²) in [6.07, 6.45) is 2.30. The van der Waals surface area contributed by atoms with E-state index in [2.05, 4.69) is 10.5 Å². The Morgan fingerprint density at radius 2 is 2.55 bits per heavy atom. The molecule has 5 heteroatoms. The fraction of sp³-hybridized carbons (Fsp3) is 0.667. The Bertz CT molecular complexity index is 147. The van der Waals surface area contributed by atoms with Gasteiger partial charge < -0.3 is 10.5 Å². The van der Waals surface area contributed by atoms with Crippen molar-refractivity contribution in [1.82, 2.24) is 5.43 Å². The number of urea groups is 1. The van der Waals surface area contributed by atoms with Gasteiger partial charge in [-0.25, -0.2) is 10.2 Å². The number of rotatable bonds is 4. The van der Waals surface area contributed by atoms with Gasteiger partial charge in [0.2, 0.25) is 0 Å². The molecule has 0 aromatic carbocycles. The van der Waals surface area contributed by atoms with Crippen molar-refractivity contribution in [3.8, 4) is 0 Å². The van der Waals surface area contributed by atoms with Crippen LogP contribution in [0.5, 0.6) is 0 Å². The van der Waals surface area contributed by atoms with E-state index in [0.717, 1.165) is 0 Å². The summed E-state index contributed by atoms with van der Waals surface area (Å²) in [5.74, 6) is 0. The van der Waals surface area contributed by atoms with Crippen molar-refractivity contribution in [2.75, 3.05) is 7.11 Å². The van der Waals surface area contributed by atoms with Gasteiger partial charge in [-0.05, 0) is 6.92 Å². The average molecular weight is 159 g/mol. The van der Waals surface area contributed by atoms with Gasteiger partial charge in [0.15, 0.2) is 0 Å². The van der Waals surface area contributed by atoms with Crippen molar-refractivity contribution in [3.05, 3.63) is 0 Å². The lowest BCUT2D eigenvalue weighted by molar-refractivity contribution is 0.125. The van der Waals surface area contributed by atoms with Crippen LogP contribution in [-0.4, -0.2) is 25.5 Å². The van der Waals surface area contributed by atoms with E-state index in [1.54, 1.807) is 13.3 Å². The van der Waals surface area contributed by atoms with Crippen molar-refractivity contribution in [3.63, 3.8) is 0 Å². The van der Waals surface area contributed by atoms with Crippen LogP contribution in [0.3, 0.4) is 0 Å². The Labute approximate surface area is 65.6 Å². The van der Waals surface area contributed by atoms with E-state index >= 15 is 0 Å². The topological polar surface area (TPSA) is 76.7 Å². The molecule has 0 aliphatic heterocycles. The number of nitrogens with one attached hydrogen (secondary N) is 1. The van der Waals surface area contributed by atoms with Crippen LogP contribution in [0.15, 0.2) is 5.10 Å². The van der Waals surface area contributed by atoms with Gasteiger partial charge >= 0.3 is 6.03 Å². The summed E-state index contributed by atoms with van der Waals surface area (Å²) in [4.78, 5) is 10.1. The molecule has 0 aromatic rings. The summed E-state index contributed by atoms with van der Waals surface area (Å²) in [7, 11) is 1.61. The molecular weight excluding hydrogens is 146 g/mol. The highest BCUT2D eigenvalue weighted by Crippen LogP contribution is 1.90. The first kappa shape index (κ1) is 9.90. The molecule has 5 nitrogen and oxygen atoms in total. The van der Waals surface area contributed by atoms with Gasteiger partial charge in [0.25, 0.3) is 0 Å². The summed E-state index contributed by atoms with van der Waals surface area (Å²) in [6, 6.07) is -0.661. The normalized spacial score (nSPS) is 13.3. The Morgan fingerprint density at radius 1 is 1.91 bits per heavy atom. The first-order chi connectivity index (χ1) is 5.16. The number of ether oxygens (including phenoxy) is 1. The summed E-state index contributed by atoms with van der Waals surface area (Å²) >= 11 is 0. The fourth-order valence-corrected chi connectivity index (χ4v) is 0.407. The van der Waals surface area contributed by atoms with Crippen LogP contribution in [0, 0.1) is 0 Å². The number of hydrazone groups is 1. The highest BCUT2D eigenvalue weighted by molar-refractivity contribution is 5.72. The highest BCUT2D eigenvalue weighted by atomic mass is 16.5. The third kappa shape index (κ3) is 6.79. The summed E-state index contributed by atoms with van der Waals surface area (Å²) in [5.41, 5.74) is 6.82.